The predicted molar refractivity (Wildman–Crippen MR) is 48.1 cm³/mol. The lowest BCUT2D eigenvalue weighted by Crippen LogP contribution is -2.28. The average Bonchev–Trinajstić information content (AvgIpc) is 2.00. The molecule has 0 fully saturated rings. The van der Waals surface area contributed by atoms with Crippen LogP contribution in [0.3, 0.4) is 0 Å². The third kappa shape index (κ3) is 8.04. The highest BCUT2D eigenvalue weighted by atomic mass is 19.4. The van der Waals surface area contributed by atoms with Crippen molar-refractivity contribution in [2.75, 3.05) is 6.54 Å². The van der Waals surface area contributed by atoms with Gasteiger partial charge in [0, 0.05) is 18.9 Å². The number of halogens is 3. The highest BCUT2D eigenvalue weighted by molar-refractivity contribution is 5.78. The maximum Gasteiger partial charge on any atom is 0.389 e. The molecule has 14 heavy (non-hydrogen) atoms. The van der Waals surface area contributed by atoms with Crippen LogP contribution in [0, 0.1) is 0 Å². The average molecular weight is 211 g/mol. The molecule has 0 rings (SSSR count). The van der Waals surface area contributed by atoms with Gasteiger partial charge >= 0.3 is 6.18 Å². The van der Waals surface area contributed by atoms with Crippen LogP contribution in [0.2, 0.25) is 0 Å². The van der Waals surface area contributed by atoms with Crippen molar-refractivity contribution in [3.8, 4) is 0 Å². The summed E-state index contributed by atoms with van der Waals surface area (Å²) >= 11 is 0. The molecule has 0 radical (unpaired) electrons. The zero-order chi connectivity index (χ0) is 11.2. The third-order valence-electron chi connectivity index (χ3n) is 1.77. The zero-order valence-corrected chi connectivity index (χ0v) is 8.45. The first-order valence-corrected chi connectivity index (χ1v) is 4.67. The SMILES string of the molecule is CCNC(C)CC(=O)CCC(F)(F)F. The van der Waals surface area contributed by atoms with E-state index in [4.69, 9.17) is 0 Å². The van der Waals surface area contributed by atoms with Gasteiger partial charge in [-0.05, 0) is 13.5 Å². The topological polar surface area (TPSA) is 29.1 Å². The van der Waals surface area contributed by atoms with Gasteiger partial charge in [0.05, 0.1) is 6.42 Å². The van der Waals surface area contributed by atoms with E-state index in [2.05, 4.69) is 5.32 Å². The Bertz CT molecular complexity index is 179. The second kappa shape index (κ2) is 6.01. The van der Waals surface area contributed by atoms with Gasteiger partial charge in [0.1, 0.15) is 5.78 Å². The molecule has 1 unspecified atom stereocenters. The van der Waals surface area contributed by atoms with Crippen LogP contribution in [-0.2, 0) is 4.79 Å². The molecule has 0 bridgehead atoms. The fourth-order valence-electron chi connectivity index (χ4n) is 1.15. The fraction of sp³-hybridized carbons (Fsp3) is 0.889. The lowest BCUT2D eigenvalue weighted by molar-refractivity contribution is -0.143. The molecule has 0 amide bonds. The minimum Gasteiger partial charge on any atom is -0.314 e. The lowest BCUT2D eigenvalue weighted by atomic mass is 10.1. The Morgan fingerprint density at radius 1 is 1.43 bits per heavy atom. The van der Waals surface area contributed by atoms with Crippen molar-refractivity contribution in [3.05, 3.63) is 0 Å². The maximum absolute atomic E-state index is 11.7. The molecule has 0 saturated heterocycles. The number of Topliss-reactive ketones (excluding diaryl/α,β-unsaturated/α-hetero) is 1. The van der Waals surface area contributed by atoms with Crippen LogP contribution < -0.4 is 5.32 Å². The largest absolute Gasteiger partial charge is 0.389 e. The van der Waals surface area contributed by atoms with Gasteiger partial charge in [0.15, 0.2) is 0 Å². The summed E-state index contributed by atoms with van der Waals surface area (Å²) in [6, 6.07) is -0.0410. The number of alkyl halides is 3. The summed E-state index contributed by atoms with van der Waals surface area (Å²) in [6.45, 7) is 4.39. The van der Waals surface area contributed by atoms with E-state index in [9.17, 15) is 18.0 Å². The molecule has 84 valence electrons. The van der Waals surface area contributed by atoms with E-state index >= 15 is 0 Å². The Labute approximate surface area is 81.9 Å². The Hall–Kier alpha value is -0.580. The standard InChI is InChI=1S/C9H16F3NO/c1-3-13-7(2)6-8(14)4-5-9(10,11)12/h7,13H,3-6H2,1-2H3. The van der Waals surface area contributed by atoms with Crippen LogP contribution in [-0.4, -0.2) is 24.5 Å². The third-order valence-corrected chi connectivity index (χ3v) is 1.77. The van der Waals surface area contributed by atoms with Crippen molar-refractivity contribution in [3.63, 3.8) is 0 Å². The summed E-state index contributed by atoms with van der Waals surface area (Å²) in [6.07, 6.45) is -5.47. The van der Waals surface area contributed by atoms with E-state index in [0.29, 0.717) is 6.54 Å². The molecule has 0 saturated carbocycles. The second-order valence-corrected chi connectivity index (χ2v) is 3.32. The molecular formula is C9H16F3NO. The second-order valence-electron chi connectivity index (χ2n) is 3.32. The molecule has 0 aliphatic rings. The predicted octanol–water partition coefficient (Wildman–Crippen LogP) is 2.29. The van der Waals surface area contributed by atoms with Gasteiger partial charge in [-0.1, -0.05) is 6.92 Å². The van der Waals surface area contributed by atoms with E-state index in [0.717, 1.165) is 0 Å². The first kappa shape index (κ1) is 13.4. The van der Waals surface area contributed by atoms with E-state index in [1.54, 1.807) is 6.92 Å². The zero-order valence-electron chi connectivity index (χ0n) is 8.45. The molecule has 1 atom stereocenters. The summed E-state index contributed by atoms with van der Waals surface area (Å²) < 4.78 is 35.2. The van der Waals surface area contributed by atoms with Crippen molar-refractivity contribution in [2.45, 2.75) is 45.3 Å². The van der Waals surface area contributed by atoms with Gasteiger partial charge < -0.3 is 5.32 Å². The smallest absolute Gasteiger partial charge is 0.314 e. The highest BCUT2D eigenvalue weighted by Gasteiger charge is 2.27. The Balaban J connectivity index is 3.65. The van der Waals surface area contributed by atoms with Gasteiger partial charge in [-0.15, -0.1) is 0 Å². The van der Waals surface area contributed by atoms with Crippen molar-refractivity contribution in [2.24, 2.45) is 0 Å². The molecule has 0 heterocycles. The van der Waals surface area contributed by atoms with Crippen molar-refractivity contribution in [1.29, 1.82) is 0 Å². The molecule has 2 nitrogen and oxygen atoms in total. The number of carbonyl (C=O) groups excluding carboxylic acids is 1. The van der Waals surface area contributed by atoms with Gasteiger partial charge in [-0.25, -0.2) is 0 Å². The van der Waals surface area contributed by atoms with Gasteiger partial charge in [0.25, 0.3) is 0 Å². The number of hydrogen-bond donors (Lipinski definition) is 1. The molecule has 5 heteroatoms. The van der Waals surface area contributed by atoms with Crippen LogP contribution in [0.25, 0.3) is 0 Å². The van der Waals surface area contributed by atoms with Gasteiger partial charge in [0.2, 0.25) is 0 Å². The Kier molecular flexibility index (Phi) is 5.76. The number of rotatable bonds is 6. The first-order valence-electron chi connectivity index (χ1n) is 4.67. The van der Waals surface area contributed by atoms with Gasteiger partial charge in [-0.2, -0.15) is 13.2 Å². The van der Waals surface area contributed by atoms with Crippen molar-refractivity contribution < 1.29 is 18.0 Å². The van der Waals surface area contributed by atoms with Crippen LogP contribution in [0.4, 0.5) is 13.2 Å². The molecule has 0 aliphatic heterocycles. The maximum atomic E-state index is 11.7. The summed E-state index contributed by atoms with van der Waals surface area (Å²) in [5, 5.41) is 2.97. The summed E-state index contributed by atoms with van der Waals surface area (Å²) in [5.41, 5.74) is 0. The van der Waals surface area contributed by atoms with Crippen LogP contribution in [0.15, 0.2) is 0 Å². The molecular weight excluding hydrogens is 195 g/mol. The van der Waals surface area contributed by atoms with Crippen molar-refractivity contribution in [1.82, 2.24) is 5.32 Å². The minimum absolute atomic E-state index is 0.0410. The van der Waals surface area contributed by atoms with Crippen LogP contribution in [0.1, 0.15) is 33.1 Å². The number of ketones is 1. The van der Waals surface area contributed by atoms with Crippen molar-refractivity contribution >= 4 is 5.78 Å². The Morgan fingerprint density at radius 2 is 2.00 bits per heavy atom. The first-order chi connectivity index (χ1) is 6.35. The van der Waals surface area contributed by atoms with Gasteiger partial charge in [-0.3, -0.25) is 4.79 Å². The highest BCUT2D eigenvalue weighted by Crippen LogP contribution is 2.21. The summed E-state index contributed by atoms with van der Waals surface area (Å²) in [7, 11) is 0. The minimum atomic E-state index is -4.23. The normalized spacial score (nSPS) is 14.1. The monoisotopic (exact) mass is 211 g/mol. The molecule has 0 aromatic rings. The fourth-order valence-corrected chi connectivity index (χ4v) is 1.15. The van der Waals surface area contributed by atoms with E-state index < -0.39 is 19.0 Å². The number of carbonyl (C=O) groups is 1. The molecule has 0 aromatic carbocycles. The molecule has 0 aromatic heterocycles. The van der Waals surface area contributed by atoms with E-state index in [1.807, 2.05) is 6.92 Å². The van der Waals surface area contributed by atoms with E-state index in [1.165, 1.54) is 0 Å². The molecule has 1 N–H and O–H groups in total. The molecule has 0 aliphatic carbocycles. The number of hydrogen-bond acceptors (Lipinski definition) is 2. The summed E-state index contributed by atoms with van der Waals surface area (Å²) in [4.78, 5) is 11.0. The summed E-state index contributed by atoms with van der Waals surface area (Å²) in [5.74, 6) is -0.337. The Morgan fingerprint density at radius 3 is 2.43 bits per heavy atom. The van der Waals surface area contributed by atoms with Crippen LogP contribution >= 0.6 is 0 Å². The van der Waals surface area contributed by atoms with Crippen LogP contribution in [0.5, 0.6) is 0 Å². The van der Waals surface area contributed by atoms with E-state index in [-0.39, 0.29) is 18.2 Å². The lowest BCUT2D eigenvalue weighted by Gasteiger charge is -2.11. The quantitative estimate of drug-likeness (QED) is 0.730. The number of nitrogens with one attached hydrogen (secondary N) is 1. The molecule has 0 spiro atoms.